The maximum absolute atomic E-state index is 8.49. The fraction of sp³-hybridized carbons (Fsp3) is 0. The summed E-state index contributed by atoms with van der Waals surface area (Å²) in [6, 6.07) is 62.9. The molecule has 8 heteroatoms. The quantitative estimate of drug-likeness (QED) is 0.264. The number of hydrogen-bond donors (Lipinski definition) is 1. The van der Waals surface area contributed by atoms with Gasteiger partial charge in [-0.2, -0.15) is 0 Å². The largest absolute Gasteiger partial charge is 0.337 e. The van der Waals surface area contributed by atoms with Crippen LogP contribution >= 0.6 is 7.26 Å². The molecule has 0 aliphatic carbocycles. The summed E-state index contributed by atoms with van der Waals surface area (Å²) in [5.74, 6) is 0.863. The number of hydrogen-bond acceptors (Lipinski definition) is 5. The first-order chi connectivity index (χ1) is 22.8. The highest BCUT2D eigenvalue weighted by Crippen LogP contribution is 2.54. The van der Waals surface area contributed by atoms with Gasteiger partial charge in [0.05, 0.1) is 11.4 Å². The molecule has 6 nitrogen and oxygen atoms in total. The first-order valence-electron chi connectivity index (χ1n) is 14.8. The van der Waals surface area contributed by atoms with Crippen molar-refractivity contribution in [3.63, 3.8) is 0 Å². The van der Waals surface area contributed by atoms with E-state index in [9.17, 15) is 0 Å². The number of H-pyrrole nitrogens is 1. The van der Waals surface area contributed by atoms with Gasteiger partial charge in [-0.05, 0) is 60.7 Å². The van der Waals surface area contributed by atoms with Crippen LogP contribution in [-0.2, 0) is 0 Å². The van der Waals surface area contributed by atoms with Crippen molar-refractivity contribution >= 4 is 28.5 Å². The van der Waals surface area contributed by atoms with E-state index in [2.05, 4.69) is 169 Å². The number of nitrogens with one attached hydrogen (secondary N) is 1. The van der Waals surface area contributed by atoms with Crippen LogP contribution in [0.1, 0.15) is 0 Å². The van der Waals surface area contributed by atoms with Crippen LogP contribution in [0.25, 0.3) is 33.9 Å². The second-order valence-corrected chi connectivity index (χ2v) is 14.8. The van der Waals surface area contributed by atoms with Crippen molar-refractivity contribution < 1.29 is 28.9 Å². The van der Waals surface area contributed by atoms with Gasteiger partial charge in [0, 0.05) is 16.7 Å². The molecule has 0 amide bonds. The third kappa shape index (κ3) is 7.25. The molecule has 0 atom stereocenters. The summed E-state index contributed by atoms with van der Waals surface area (Å²) in [7, 11) is -7.09. The van der Waals surface area contributed by atoms with Crippen molar-refractivity contribution in [1.82, 2.24) is 9.97 Å². The molecule has 0 bridgehead atoms. The molecule has 7 rings (SSSR count). The van der Waals surface area contributed by atoms with E-state index >= 15 is 0 Å². The molecule has 232 valence electrons. The summed E-state index contributed by atoms with van der Waals surface area (Å²) in [5.41, 5.74) is 5.26. The van der Waals surface area contributed by atoms with Crippen LogP contribution in [0, 0.1) is 10.2 Å². The Kier molecular flexibility index (Phi) is 9.71. The maximum atomic E-state index is 8.49. The van der Waals surface area contributed by atoms with E-state index in [4.69, 9.17) is 23.6 Å². The molecule has 0 radical (unpaired) electrons. The number of aromatic nitrogens is 2. The van der Waals surface area contributed by atoms with E-state index in [0.29, 0.717) is 0 Å². The summed E-state index contributed by atoms with van der Waals surface area (Å²) in [6.07, 6.45) is 0. The van der Waals surface area contributed by atoms with Gasteiger partial charge in [0.25, 0.3) is 0 Å². The summed E-state index contributed by atoms with van der Waals surface area (Å²) in [5, 5.41) is 5.33. The molecule has 1 heterocycles. The van der Waals surface area contributed by atoms with Crippen LogP contribution in [0.3, 0.4) is 0 Å². The molecule has 6 aromatic carbocycles. The molecule has 47 heavy (non-hydrogen) atoms. The van der Waals surface area contributed by atoms with Crippen LogP contribution in [0.4, 0.5) is 0 Å². The van der Waals surface area contributed by atoms with E-state index in [-0.39, 0.29) is 0 Å². The van der Waals surface area contributed by atoms with Gasteiger partial charge in [0.1, 0.15) is 34.3 Å². The average Bonchev–Trinajstić information content (AvgIpc) is 3.56. The molecule has 0 unspecified atom stereocenters. The zero-order valence-electron chi connectivity index (χ0n) is 25.1. The van der Waals surface area contributed by atoms with Crippen molar-refractivity contribution in [3.05, 3.63) is 176 Å². The van der Waals surface area contributed by atoms with Gasteiger partial charge in [0.2, 0.25) is 0 Å². The topological polar surface area (TPSA) is 121 Å². The van der Waals surface area contributed by atoms with Gasteiger partial charge in [-0.3, -0.25) is 0 Å². The third-order valence-electron chi connectivity index (χ3n) is 7.77. The molecule has 1 N–H and O–H groups in total. The van der Waals surface area contributed by atoms with Gasteiger partial charge >= 0.3 is 0 Å². The molecule has 0 saturated carbocycles. The Labute approximate surface area is 276 Å². The van der Waals surface area contributed by atoms with E-state index in [1.54, 1.807) is 0 Å². The Balaban J connectivity index is 0.000000720. The minimum atomic E-state index is -4.94. The maximum Gasteiger partial charge on any atom is 0.144 e. The minimum absolute atomic E-state index is 0.863. The van der Waals surface area contributed by atoms with Crippen molar-refractivity contribution in [3.8, 4) is 33.9 Å². The van der Waals surface area contributed by atoms with Crippen LogP contribution in [0.2, 0.25) is 0 Å². The number of imidazole rings is 1. The smallest absolute Gasteiger partial charge is 0.144 e. The zero-order chi connectivity index (χ0) is 32.7. The lowest BCUT2D eigenvalue weighted by atomic mass is 10.1. The fourth-order valence-corrected chi connectivity index (χ4v) is 10.1. The highest BCUT2D eigenvalue weighted by Gasteiger charge is 2.47. The molecule has 0 aliphatic heterocycles. The van der Waals surface area contributed by atoms with Crippen LogP contribution in [0.15, 0.2) is 176 Å². The third-order valence-corrected chi connectivity index (χ3v) is 12.1. The first-order valence-corrected chi connectivity index (χ1v) is 17.9. The minimum Gasteiger partial charge on any atom is -0.337 e. The first kappa shape index (κ1) is 32.0. The van der Waals surface area contributed by atoms with Crippen LogP contribution in [-0.4, -0.2) is 9.97 Å². The second kappa shape index (κ2) is 14.2. The monoisotopic (exact) mass is 656 g/mol. The summed E-state index contributed by atoms with van der Waals surface area (Å²) >= 11 is 0. The van der Waals surface area contributed by atoms with Gasteiger partial charge in [-0.1, -0.05) is 115 Å². The van der Waals surface area contributed by atoms with Crippen molar-refractivity contribution in [2.24, 2.45) is 0 Å². The van der Waals surface area contributed by atoms with E-state index < -0.39 is 17.5 Å². The lowest BCUT2D eigenvalue weighted by Crippen LogP contribution is -2.68. The highest BCUT2D eigenvalue weighted by molar-refractivity contribution is 8.01. The Morgan fingerprint density at radius 2 is 0.745 bits per heavy atom. The fourth-order valence-electron chi connectivity index (χ4n) is 5.82. The molecule has 0 fully saturated rings. The summed E-state index contributed by atoms with van der Waals surface area (Å²) in [4.78, 5) is 8.81. The van der Waals surface area contributed by atoms with Crippen molar-refractivity contribution in [2.75, 3.05) is 0 Å². The van der Waals surface area contributed by atoms with Gasteiger partial charge in [-0.15, -0.1) is 10.2 Å². The van der Waals surface area contributed by atoms with Crippen molar-refractivity contribution in [2.45, 2.75) is 0 Å². The molecular formula is C39H30ClN2O4P. The molecule has 1 aromatic heterocycles. The van der Waals surface area contributed by atoms with E-state index in [0.717, 1.165) is 33.9 Å². The number of benzene rings is 6. The Bertz CT molecular complexity index is 1840. The van der Waals surface area contributed by atoms with Gasteiger partial charge in [0.15, 0.2) is 0 Å². The second-order valence-electron chi connectivity index (χ2n) is 10.6. The Hall–Kier alpha value is -4.91. The Morgan fingerprint density at radius 3 is 1.15 bits per heavy atom. The number of aromatic amines is 1. The summed E-state index contributed by atoms with van der Waals surface area (Å²) in [6.45, 7) is 0. The van der Waals surface area contributed by atoms with Crippen molar-refractivity contribution in [1.29, 1.82) is 0 Å². The number of rotatable bonds is 7. The summed E-state index contributed by atoms with van der Waals surface area (Å²) < 4.78 is 34.0. The van der Waals surface area contributed by atoms with Crippen LogP contribution in [0.5, 0.6) is 0 Å². The lowest BCUT2D eigenvalue weighted by molar-refractivity contribution is -2.00. The average molecular weight is 657 g/mol. The van der Waals surface area contributed by atoms with Gasteiger partial charge in [-0.25, -0.2) is 23.6 Å². The molecule has 0 aliphatic rings. The predicted molar refractivity (Wildman–Crippen MR) is 180 cm³/mol. The highest BCUT2D eigenvalue weighted by atomic mass is 35.7. The predicted octanol–water partition coefficient (Wildman–Crippen LogP) is 3.27. The zero-order valence-corrected chi connectivity index (χ0v) is 26.8. The van der Waals surface area contributed by atoms with E-state index in [1.807, 2.05) is 12.1 Å². The molecule has 0 saturated heterocycles. The lowest BCUT2D eigenvalue weighted by Gasteiger charge is -2.27. The Morgan fingerprint density at radius 1 is 0.404 bits per heavy atom. The standard InChI is InChI=1S/C39H30N2P.ClHO4/c1-6-16-30(17-7-1)37-38(31-18-8-2-9-19-31)41-39(40-37)32-26-28-36(29-27-32)42(33-20-10-3-11-21-33,34-22-12-4-13-23-34)35-24-14-5-15-25-35;2-1(3,4)5/h1-29H,(H,40,41);(H,2,3,4,5)/q+1;/p-1. The normalized spacial score (nSPS) is 11.4. The number of nitrogens with zero attached hydrogens (tertiary/aromatic N) is 1. The van der Waals surface area contributed by atoms with Crippen LogP contribution < -0.4 is 39.9 Å². The molecule has 0 spiro atoms. The molecule has 7 aromatic rings. The molecular weight excluding hydrogens is 627 g/mol. The van der Waals surface area contributed by atoms with Gasteiger partial charge < -0.3 is 4.98 Å². The SMILES string of the molecule is [O-][Cl+3]([O-])([O-])[O-].c1ccc(-c2nc(-c3ccc([P+](c4ccccc4)(c4ccccc4)c4ccccc4)cc3)[nH]c2-c2ccccc2)cc1. The number of halogens is 1. The van der Waals surface area contributed by atoms with E-state index in [1.165, 1.54) is 21.2 Å².